The molecule has 0 bridgehead atoms. The lowest BCUT2D eigenvalue weighted by molar-refractivity contribution is 0.0952. The minimum atomic E-state index is -0.396. The predicted octanol–water partition coefficient (Wildman–Crippen LogP) is 0.966. The van der Waals surface area contributed by atoms with Gasteiger partial charge >= 0.3 is 0 Å². The number of carbonyl (C=O) groups is 1. The van der Waals surface area contributed by atoms with Crippen LogP contribution in [0.4, 0.5) is 0 Å². The molecule has 0 atom stereocenters. The summed E-state index contributed by atoms with van der Waals surface area (Å²) < 4.78 is 1.85. The van der Waals surface area contributed by atoms with E-state index in [0.29, 0.717) is 21.3 Å². The molecule has 104 valence electrons. The summed E-state index contributed by atoms with van der Waals surface area (Å²) in [6.45, 7) is 1.99. The molecule has 0 aliphatic carbocycles. The molecule has 0 radical (unpaired) electrons. The van der Waals surface area contributed by atoms with E-state index < -0.39 is 5.91 Å². The van der Waals surface area contributed by atoms with Crippen molar-refractivity contribution in [2.24, 2.45) is 5.84 Å². The number of carbonyl (C=O) groups excluding carboxylic acids is 1. The van der Waals surface area contributed by atoms with Gasteiger partial charge in [-0.3, -0.25) is 19.6 Å². The van der Waals surface area contributed by atoms with E-state index in [1.165, 1.54) is 10.9 Å². The van der Waals surface area contributed by atoms with Crippen LogP contribution < -0.4 is 16.8 Å². The number of aryl methyl sites for hydroxylation is 1. The van der Waals surface area contributed by atoms with Crippen LogP contribution in [0.1, 0.15) is 21.6 Å². The topological polar surface area (TPSA) is 90.0 Å². The van der Waals surface area contributed by atoms with Crippen molar-refractivity contribution >= 4 is 21.8 Å². The molecule has 2 aromatic rings. The van der Waals surface area contributed by atoms with Gasteiger partial charge in [0.1, 0.15) is 4.47 Å². The third-order valence-electron chi connectivity index (χ3n) is 2.89. The summed E-state index contributed by atoms with van der Waals surface area (Å²) in [5.41, 5.74) is 3.64. The van der Waals surface area contributed by atoms with Crippen LogP contribution in [0.2, 0.25) is 0 Å². The Kier molecular flexibility index (Phi) is 4.31. The van der Waals surface area contributed by atoms with Crippen molar-refractivity contribution in [2.45, 2.75) is 13.5 Å². The fraction of sp³-hybridized carbons (Fsp3) is 0.154. The van der Waals surface area contributed by atoms with Crippen LogP contribution >= 0.6 is 15.9 Å². The number of benzene rings is 1. The number of nitrogen functional groups attached to an aromatic ring is 1. The zero-order chi connectivity index (χ0) is 14.7. The molecular weight excluding hydrogens is 324 g/mol. The summed E-state index contributed by atoms with van der Waals surface area (Å²) >= 11 is 3.21. The average Bonchev–Trinajstić information content (AvgIpc) is 2.47. The van der Waals surface area contributed by atoms with Gasteiger partial charge < -0.3 is 0 Å². The van der Waals surface area contributed by atoms with Gasteiger partial charge in [0.05, 0.1) is 18.6 Å². The first-order chi connectivity index (χ1) is 9.54. The van der Waals surface area contributed by atoms with Crippen LogP contribution in [-0.4, -0.2) is 15.5 Å². The minimum Gasteiger partial charge on any atom is -0.294 e. The van der Waals surface area contributed by atoms with Crippen molar-refractivity contribution in [1.82, 2.24) is 15.0 Å². The Morgan fingerprint density at radius 3 is 2.85 bits per heavy atom. The Morgan fingerprint density at radius 1 is 1.45 bits per heavy atom. The monoisotopic (exact) mass is 336 g/mol. The van der Waals surface area contributed by atoms with Crippen molar-refractivity contribution in [2.75, 3.05) is 0 Å². The first-order valence-electron chi connectivity index (χ1n) is 5.85. The number of rotatable bonds is 3. The van der Waals surface area contributed by atoms with Crippen molar-refractivity contribution in [1.29, 1.82) is 0 Å². The van der Waals surface area contributed by atoms with Crippen molar-refractivity contribution < 1.29 is 4.79 Å². The van der Waals surface area contributed by atoms with Crippen LogP contribution in [0.3, 0.4) is 0 Å². The molecule has 0 saturated carbocycles. The molecule has 0 aliphatic rings. The zero-order valence-corrected chi connectivity index (χ0v) is 12.3. The molecule has 0 fully saturated rings. The minimum absolute atomic E-state index is 0.194. The summed E-state index contributed by atoms with van der Waals surface area (Å²) in [6, 6.07) is 6.95. The maximum Gasteiger partial charge on any atom is 0.268 e. The normalized spacial score (nSPS) is 10.3. The van der Waals surface area contributed by atoms with E-state index in [4.69, 9.17) is 5.84 Å². The third kappa shape index (κ3) is 2.78. The van der Waals surface area contributed by atoms with Gasteiger partial charge in [-0.05, 0) is 34.5 Å². The van der Waals surface area contributed by atoms with E-state index in [9.17, 15) is 9.59 Å². The number of aromatic nitrogens is 2. The number of halogens is 1. The predicted molar refractivity (Wildman–Crippen MR) is 78.1 cm³/mol. The molecular formula is C13H13BrN4O2. The summed E-state index contributed by atoms with van der Waals surface area (Å²) in [6.07, 6.45) is 1.46. The number of amides is 1. The quantitative estimate of drug-likeness (QED) is 0.496. The van der Waals surface area contributed by atoms with Gasteiger partial charge in [0, 0.05) is 5.56 Å². The third-order valence-corrected chi connectivity index (χ3v) is 3.80. The van der Waals surface area contributed by atoms with E-state index in [1.807, 2.05) is 0 Å². The lowest BCUT2D eigenvalue weighted by Gasteiger charge is -2.10. The second kappa shape index (κ2) is 5.98. The first kappa shape index (κ1) is 14.4. The Morgan fingerprint density at radius 2 is 2.15 bits per heavy atom. The molecule has 20 heavy (non-hydrogen) atoms. The molecule has 0 saturated heterocycles. The molecule has 1 aromatic carbocycles. The van der Waals surface area contributed by atoms with Crippen LogP contribution in [-0.2, 0) is 6.54 Å². The SMILES string of the molecule is Cc1ncn(Cc2ccccc2C(=O)NN)c(=O)c1Br. The Bertz CT molecular complexity index is 712. The number of hydrogen-bond acceptors (Lipinski definition) is 4. The van der Waals surface area contributed by atoms with Gasteiger partial charge in [-0.2, -0.15) is 0 Å². The summed E-state index contributed by atoms with van der Waals surface area (Å²) in [5.74, 6) is 4.76. The highest BCUT2D eigenvalue weighted by Gasteiger charge is 2.12. The lowest BCUT2D eigenvalue weighted by Crippen LogP contribution is -2.31. The highest BCUT2D eigenvalue weighted by Crippen LogP contribution is 2.11. The number of hydrazine groups is 1. The molecule has 1 amide bonds. The second-order valence-corrected chi connectivity index (χ2v) is 5.00. The fourth-order valence-electron chi connectivity index (χ4n) is 1.80. The van der Waals surface area contributed by atoms with E-state index in [-0.39, 0.29) is 12.1 Å². The molecule has 0 spiro atoms. The lowest BCUT2D eigenvalue weighted by atomic mass is 10.1. The summed E-state index contributed by atoms with van der Waals surface area (Å²) in [5, 5.41) is 0. The van der Waals surface area contributed by atoms with Crippen LogP contribution in [0.25, 0.3) is 0 Å². The first-order valence-corrected chi connectivity index (χ1v) is 6.64. The van der Waals surface area contributed by atoms with E-state index in [2.05, 4.69) is 26.3 Å². The molecule has 7 heteroatoms. The van der Waals surface area contributed by atoms with Crippen LogP contribution in [0.5, 0.6) is 0 Å². The van der Waals surface area contributed by atoms with Gasteiger partial charge in [-0.25, -0.2) is 10.8 Å². The van der Waals surface area contributed by atoms with E-state index in [0.717, 1.165) is 0 Å². The second-order valence-electron chi connectivity index (χ2n) is 4.21. The maximum absolute atomic E-state index is 12.1. The van der Waals surface area contributed by atoms with Gasteiger partial charge in [-0.15, -0.1) is 0 Å². The zero-order valence-electron chi connectivity index (χ0n) is 10.8. The van der Waals surface area contributed by atoms with Gasteiger partial charge in [0.25, 0.3) is 11.5 Å². The average molecular weight is 337 g/mol. The maximum atomic E-state index is 12.1. The van der Waals surface area contributed by atoms with Crippen molar-refractivity contribution in [3.63, 3.8) is 0 Å². The van der Waals surface area contributed by atoms with Crippen molar-refractivity contribution in [3.05, 3.63) is 62.2 Å². The van der Waals surface area contributed by atoms with Gasteiger partial charge in [-0.1, -0.05) is 18.2 Å². The van der Waals surface area contributed by atoms with Crippen LogP contribution in [0.15, 0.2) is 39.9 Å². The van der Waals surface area contributed by atoms with E-state index in [1.54, 1.807) is 31.2 Å². The highest BCUT2D eigenvalue weighted by atomic mass is 79.9. The molecule has 6 nitrogen and oxygen atoms in total. The Labute approximate surface area is 123 Å². The molecule has 0 aliphatic heterocycles. The fourth-order valence-corrected chi connectivity index (χ4v) is 2.13. The Balaban J connectivity index is 2.44. The largest absolute Gasteiger partial charge is 0.294 e. The molecule has 1 heterocycles. The standard InChI is InChI=1S/C13H13BrN4O2/c1-8-11(14)13(20)18(7-16-8)6-9-4-2-3-5-10(9)12(19)17-15/h2-5,7H,6,15H2,1H3,(H,17,19). The molecule has 3 N–H and O–H groups in total. The highest BCUT2D eigenvalue weighted by molar-refractivity contribution is 9.10. The van der Waals surface area contributed by atoms with Crippen molar-refractivity contribution in [3.8, 4) is 0 Å². The summed E-state index contributed by atoms with van der Waals surface area (Å²) in [7, 11) is 0. The number of nitrogens with one attached hydrogen (secondary N) is 1. The smallest absolute Gasteiger partial charge is 0.268 e. The van der Waals surface area contributed by atoms with E-state index >= 15 is 0 Å². The number of nitrogens with zero attached hydrogens (tertiary/aromatic N) is 2. The number of nitrogens with two attached hydrogens (primary N) is 1. The number of hydrogen-bond donors (Lipinski definition) is 2. The van der Waals surface area contributed by atoms with Gasteiger partial charge in [0.2, 0.25) is 0 Å². The summed E-state index contributed by atoms with van der Waals surface area (Å²) in [4.78, 5) is 27.9. The van der Waals surface area contributed by atoms with Gasteiger partial charge in [0.15, 0.2) is 0 Å². The molecule has 2 rings (SSSR count). The Hall–Kier alpha value is -1.99. The molecule has 1 aromatic heterocycles. The van der Waals surface area contributed by atoms with Crippen LogP contribution in [0, 0.1) is 6.92 Å². The molecule has 0 unspecified atom stereocenters.